The van der Waals surface area contributed by atoms with Gasteiger partial charge in [-0.2, -0.15) is 13.2 Å². The van der Waals surface area contributed by atoms with Gasteiger partial charge in [0.15, 0.2) is 22.4 Å². The predicted octanol–water partition coefficient (Wildman–Crippen LogP) is 3.85. The van der Waals surface area contributed by atoms with E-state index in [9.17, 15) is 22.5 Å². The van der Waals surface area contributed by atoms with Gasteiger partial charge in [0.1, 0.15) is 29.4 Å². The molecule has 0 bridgehead atoms. The van der Waals surface area contributed by atoms with Gasteiger partial charge in [0.05, 0.1) is 19.4 Å². The van der Waals surface area contributed by atoms with E-state index in [0.29, 0.717) is 5.56 Å². The Morgan fingerprint density at radius 1 is 1.31 bits per heavy atom. The van der Waals surface area contributed by atoms with E-state index in [1.165, 1.54) is 31.4 Å². The summed E-state index contributed by atoms with van der Waals surface area (Å²) in [6.07, 6.45) is -4.78. The van der Waals surface area contributed by atoms with Gasteiger partial charge < -0.3 is 29.2 Å². The smallest absolute Gasteiger partial charge is 0.398 e. The van der Waals surface area contributed by atoms with E-state index in [0.717, 1.165) is 0 Å². The van der Waals surface area contributed by atoms with Crippen molar-refractivity contribution in [2.24, 2.45) is 0 Å². The highest BCUT2D eigenvalue weighted by Crippen LogP contribution is 2.45. The number of carbonyl (C=O) groups is 1. The fourth-order valence-electron chi connectivity index (χ4n) is 3.75. The van der Waals surface area contributed by atoms with Crippen molar-refractivity contribution in [1.82, 2.24) is 15.0 Å². The number of rotatable bonds is 10. The first-order chi connectivity index (χ1) is 18.1. The second-order valence-corrected chi connectivity index (χ2v) is 12.4. The second-order valence-electron chi connectivity index (χ2n) is 10.1. The number of benzene rings is 1. The van der Waals surface area contributed by atoms with Crippen molar-refractivity contribution in [3.8, 4) is 17.2 Å². The average molecular weight is 594 g/mol. The molecule has 3 unspecified atom stereocenters. The first-order valence-electron chi connectivity index (χ1n) is 11.9. The van der Waals surface area contributed by atoms with Gasteiger partial charge in [0, 0.05) is 29.0 Å². The van der Waals surface area contributed by atoms with Gasteiger partial charge in [-0.3, -0.25) is 4.79 Å². The zero-order valence-corrected chi connectivity index (χ0v) is 23.6. The van der Waals surface area contributed by atoms with Crippen LogP contribution in [0.2, 0.25) is 5.15 Å². The van der Waals surface area contributed by atoms with Crippen molar-refractivity contribution < 1.29 is 41.8 Å². The molecule has 3 atom stereocenters. The minimum atomic E-state index is -4.78. The van der Waals surface area contributed by atoms with Gasteiger partial charge in [-0.05, 0) is 52.0 Å². The van der Waals surface area contributed by atoms with E-state index in [2.05, 4.69) is 15.0 Å². The number of alkyl halides is 3. The number of amides is 1. The van der Waals surface area contributed by atoms with Gasteiger partial charge in [-0.15, -0.1) is 4.72 Å². The van der Waals surface area contributed by atoms with Crippen LogP contribution in [-0.4, -0.2) is 64.9 Å². The highest BCUT2D eigenvalue weighted by Gasteiger charge is 2.47. The van der Waals surface area contributed by atoms with Crippen LogP contribution in [0.5, 0.6) is 17.2 Å². The molecule has 0 fully saturated rings. The third-order valence-electron chi connectivity index (χ3n) is 5.92. The number of halogens is 4. The largest absolute Gasteiger partial charge is 0.598 e. The van der Waals surface area contributed by atoms with Crippen LogP contribution in [0, 0.1) is 0 Å². The molecule has 3 N–H and O–H groups in total. The van der Waals surface area contributed by atoms with E-state index < -0.39 is 51.9 Å². The number of nitrogens with zero attached hydrogens (tertiary/aromatic N) is 1. The third-order valence-corrected chi connectivity index (χ3v) is 7.92. The Balaban J connectivity index is 1.87. The standard InChI is InChI=1S/C25H31ClF3N3O6S/c1-23(2,3)39(35)32-24(4)13-38-20-15(24)11-17(31-21(20)26)16(25(27,28)29)12-30-22(34)14-6-7-18(37-9-8-33)19(10-14)36-5/h6-7,10-11,16,32-33H,8-9,12-13H2,1-5H3,(H,30,34). The number of ether oxygens (including phenoxy) is 3. The molecule has 0 saturated carbocycles. The van der Waals surface area contributed by atoms with E-state index >= 15 is 0 Å². The summed E-state index contributed by atoms with van der Waals surface area (Å²) in [5.74, 6) is -2.42. The normalized spacial score (nSPS) is 18.6. The fraction of sp³-hybridized carbons (Fsp3) is 0.520. The SMILES string of the molecule is COc1cc(C(=O)NCC(c2cc3c(c(Cl)n2)OCC3(C)N[S+]([O-])C(C)(C)C)C(F)(F)F)ccc1OCCO. The Morgan fingerprint density at radius 3 is 2.59 bits per heavy atom. The number of hydrogen-bond donors (Lipinski definition) is 3. The van der Waals surface area contributed by atoms with Gasteiger partial charge in [-0.1, -0.05) is 11.6 Å². The summed E-state index contributed by atoms with van der Waals surface area (Å²) in [6.45, 7) is 5.86. The maximum atomic E-state index is 14.2. The number of aliphatic hydroxyl groups is 1. The zero-order chi connectivity index (χ0) is 29.2. The molecule has 9 nitrogen and oxygen atoms in total. The molecule has 1 aliphatic heterocycles. The molecular formula is C25H31ClF3N3O6S. The number of hydrogen-bond acceptors (Lipinski definition) is 8. The zero-order valence-electron chi connectivity index (χ0n) is 22.1. The van der Waals surface area contributed by atoms with Crippen molar-refractivity contribution >= 4 is 28.9 Å². The lowest BCUT2D eigenvalue weighted by molar-refractivity contribution is -0.149. The van der Waals surface area contributed by atoms with Crippen molar-refractivity contribution in [2.75, 3.05) is 33.5 Å². The number of carbonyl (C=O) groups excluding carboxylic acids is 1. The molecule has 0 aliphatic carbocycles. The van der Waals surface area contributed by atoms with E-state index in [-0.39, 0.29) is 47.8 Å². The van der Waals surface area contributed by atoms with Crippen molar-refractivity contribution in [3.05, 3.63) is 46.2 Å². The Labute approximate surface area is 232 Å². The van der Waals surface area contributed by atoms with Crippen molar-refractivity contribution in [3.63, 3.8) is 0 Å². The predicted molar refractivity (Wildman–Crippen MR) is 140 cm³/mol. The van der Waals surface area contributed by atoms with Crippen LogP contribution in [0.25, 0.3) is 0 Å². The molecule has 1 aromatic carbocycles. The molecule has 3 rings (SSSR count). The lowest BCUT2D eigenvalue weighted by atomic mass is 9.93. The third kappa shape index (κ3) is 7.20. The number of methoxy groups -OCH3 is 1. The summed E-state index contributed by atoms with van der Waals surface area (Å²) in [5, 5.41) is 11.0. The van der Waals surface area contributed by atoms with Gasteiger partial charge in [-0.25, -0.2) is 4.98 Å². The molecule has 39 heavy (non-hydrogen) atoms. The van der Waals surface area contributed by atoms with Gasteiger partial charge in [0.25, 0.3) is 5.91 Å². The average Bonchev–Trinajstić information content (AvgIpc) is 3.17. The number of pyridine rings is 1. The van der Waals surface area contributed by atoms with Crippen LogP contribution in [0.15, 0.2) is 24.3 Å². The van der Waals surface area contributed by atoms with Crippen molar-refractivity contribution in [1.29, 1.82) is 0 Å². The maximum Gasteiger partial charge on any atom is 0.398 e. The maximum absolute atomic E-state index is 14.2. The molecule has 0 saturated heterocycles. The lowest BCUT2D eigenvalue weighted by Gasteiger charge is -2.31. The van der Waals surface area contributed by atoms with Crippen LogP contribution >= 0.6 is 11.6 Å². The summed E-state index contributed by atoms with van der Waals surface area (Å²) in [7, 11) is 1.34. The summed E-state index contributed by atoms with van der Waals surface area (Å²) >= 11 is 4.67. The molecule has 14 heteroatoms. The monoisotopic (exact) mass is 593 g/mol. The summed E-state index contributed by atoms with van der Waals surface area (Å²) < 4.78 is 73.8. The number of fused-ring (bicyclic) bond motifs is 1. The second kappa shape index (κ2) is 12.0. The Hall–Kier alpha value is -2.45. The van der Waals surface area contributed by atoms with Crippen LogP contribution in [0.3, 0.4) is 0 Å². The Kier molecular flexibility index (Phi) is 9.54. The topological polar surface area (TPSA) is 125 Å². The molecule has 2 aromatic rings. The van der Waals surface area contributed by atoms with Gasteiger partial charge >= 0.3 is 6.18 Å². The lowest BCUT2D eigenvalue weighted by Crippen LogP contribution is -2.50. The summed E-state index contributed by atoms with van der Waals surface area (Å²) in [4.78, 5) is 16.7. The molecule has 0 radical (unpaired) electrons. The van der Waals surface area contributed by atoms with Crippen LogP contribution < -0.4 is 24.2 Å². The molecule has 0 spiro atoms. The quantitative estimate of drug-likeness (QED) is 0.280. The highest BCUT2D eigenvalue weighted by atomic mass is 35.5. The van der Waals surface area contributed by atoms with Crippen LogP contribution in [0.1, 0.15) is 55.2 Å². The van der Waals surface area contributed by atoms with E-state index in [1.807, 2.05) is 0 Å². The molecule has 1 aliphatic rings. The fourth-order valence-corrected chi connectivity index (χ4v) is 4.89. The summed E-state index contributed by atoms with van der Waals surface area (Å²) in [5.41, 5.74) is -1.18. The van der Waals surface area contributed by atoms with Crippen LogP contribution in [-0.2, 0) is 16.9 Å². The molecule has 1 aromatic heterocycles. The molecule has 2 heterocycles. The summed E-state index contributed by atoms with van der Waals surface area (Å²) in [6, 6.07) is 5.32. The Bertz CT molecular complexity index is 1200. The Morgan fingerprint density at radius 2 is 2.00 bits per heavy atom. The molecule has 216 valence electrons. The van der Waals surface area contributed by atoms with E-state index in [4.69, 9.17) is 30.9 Å². The number of aromatic nitrogens is 1. The minimum absolute atomic E-state index is 0.00275. The number of nitrogens with one attached hydrogen (secondary N) is 2. The van der Waals surface area contributed by atoms with Crippen molar-refractivity contribution in [2.45, 2.75) is 50.1 Å². The highest BCUT2D eigenvalue weighted by molar-refractivity contribution is 7.90. The minimum Gasteiger partial charge on any atom is -0.598 e. The molecular weight excluding hydrogens is 563 g/mol. The molecule has 1 amide bonds. The van der Waals surface area contributed by atoms with Crippen LogP contribution in [0.4, 0.5) is 13.2 Å². The first kappa shape index (κ1) is 31.1. The van der Waals surface area contributed by atoms with E-state index in [1.54, 1.807) is 27.7 Å². The van der Waals surface area contributed by atoms with Gasteiger partial charge in [0.2, 0.25) is 0 Å². The number of aliphatic hydroxyl groups excluding tert-OH is 1. The first-order valence-corrected chi connectivity index (χ1v) is 13.4.